The SMILES string of the molecule is CCOC(=O)CCCC1CCN(C(=O)C[C@H]2O[C@H](c3cccc(OC)c3OC)c3cc(Cl)ccc3N(CC(C)(C)CO)C2=O)CC1. The number of halogens is 1. The zero-order valence-corrected chi connectivity index (χ0v) is 28.3. The Morgan fingerprint density at radius 1 is 1.09 bits per heavy atom. The number of piperidine rings is 1. The summed E-state index contributed by atoms with van der Waals surface area (Å²) in [4.78, 5) is 43.2. The van der Waals surface area contributed by atoms with Gasteiger partial charge in [0.2, 0.25) is 5.91 Å². The smallest absolute Gasteiger partial charge is 0.305 e. The van der Waals surface area contributed by atoms with Crippen LogP contribution in [-0.4, -0.2) is 81.0 Å². The number of anilines is 1. The van der Waals surface area contributed by atoms with E-state index in [1.54, 1.807) is 55.2 Å². The van der Waals surface area contributed by atoms with Crippen molar-refractivity contribution in [3.63, 3.8) is 0 Å². The fourth-order valence-electron chi connectivity index (χ4n) is 6.23. The van der Waals surface area contributed by atoms with E-state index < -0.39 is 17.6 Å². The van der Waals surface area contributed by atoms with Crippen LogP contribution in [0.15, 0.2) is 36.4 Å². The van der Waals surface area contributed by atoms with Crippen LogP contribution in [0.5, 0.6) is 11.5 Å². The van der Waals surface area contributed by atoms with Crippen LogP contribution in [0, 0.1) is 11.3 Å². The van der Waals surface area contributed by atoms with Gasteiger partial charge in [-0.05, 0) is 62.8 Å². The van der Waals surface area contributed by atoms with Gasteiger partial charge in [0.05, 0.1) is 27.2 Å². The maximum Gasteiger partial charge on any atom is 0.305 e. The number of para-hydroxylation sites is 1. The summed E-state index contributed by atoms with van der Waals surface area (Å²) in [5.74, 6) is 0.677. The summed E-state index contributed by atoms with van der Waals surface area (Å²) in [6, 6.07) is 10.7. The van der Waals surface area contributed by atoms with E-state index in [9.17, 15) is 19.5 Å². The minimum Gasteiger partial charge on any atom is -0.493 e. The first-order chi connectivity index (χ1) is 22.0. The lowest BCUT2D eigenvalue weighted by Crippen LogP contribution is -2.47. The van der Waals surface area contributed by atoms with Crippen molar-refractivity contribution >= 4 is 35.1 Å². The Kier molecular flexibility index (Phi) is 12.3. The Balaban J connectivity index is 1.61. The Bertz CT molecular complexity index is 1370. The first-order valence-corrected chi connectivity index (χ1v) is 16.4. The quantitative estimate of drug-likeness (QED) is 0.278. The van der Waals surface area contributed by atoms with Crippen molar-refractivity contribution < 1.29 is 38.4 Å². The lowest BCUT2D eigenvalue weighted by molar-refractivity contribution is -0.144. The molecule has 0 radical (unpaired) electrons. The summed E-state index contributed by atoms with van der Waals surface area (Å²) in [6.07, 6.45) is 1.67. The van der Waals surface area contributed by atoms with E-state index in [2.05, 4.69) is 0 Å². The van der Waals surface area contributed by atoms with Crippen LogP contribution in [0.3, 0.4) is 0 Å². The van der Waals surface area contributed by atoms with Crippen LogP contribution in [0.2, 0.25) is 5.02 Å². The van der Waals surface area contributed by atoms with Crippen molar-refractivity contribution in [3.05, 3.63) is 52.5 Å². The molecule has 4 rings (SSSR count). The molecular formula is C35H47ClN2O8. The second-order valence-corrected chi connectivity index (χ2v) is 13.2. The first kappa shape index (κ1) is 35.5. The van der Waals surface area contributed by atoms with Gasteiger partial charge >= 0.3 is 5.97 Å². The highest BCUT2D eigenvalue weighted by atomic mass is 35.5. The molecule has 252 valence electrons. The van der Waals surface area contributed by atoms with Crippen molar-refractivity contribution in [2.45, 2.75) is 71.5 Å². The van der Waals surface area contributed by atoms with Crippen LogP contribution in [0.1, 0.15) is 76.5 Å². The molecule has 46 heavy (non-hydrogen) atoms. The second kappa shape index (κ2) is 16.0. The number of aliphatic hydroxyl groups excluding tert-OH is 1. The van der Waals surface area contributed by atoms with Crippen LogP contribution in [0.4, 0.5) is 5.69 Å². The molecule has 0 saturated carbocycles. The molecule has 2 atom stereocenters. The molecule has 2 aliphatic rings. The highest BCUT2D eigenvalue weighted by molar-refractivity contribution is 6.30. The molecule has 2 heterocycles. The molecule has 0 spiro atoms. The summed E-state index contributed by atoms with van der Waals surface area (Å²) in [6.45, 7) is 7.15. The normalized spacial score (nSPS) is 19.0. The number of aliphatic hydroxyl groups is 1. The molecule has 2 amide bonds. The maximum atomic E-state index is 14.4. The molecule has 11 heteroatoms. The monoisotopic (exact) mass is 658 g/mol. The number of hydrogen-bond donors (Lipinski definition) is 1. The van der Waals surface area contributed by atoms with Crippen LogP contribution in [0.25, 0.3) is 0 Å². The number of benzene rings is 2. The molecule has 0 bridgehead atoms. The third-order valence-corrected chi connectivity index (χ3v) is 9.00. The number of ether oxygens (including phenoxy) is 4. The number of likely N-dealkylation sites (tertiary alicyclic amines) is 1. The summed E-state index contributed by atoms with van der Waals surface area (Å²) in [7, 11) is 3.09. The number of methoxy groups -OCH3 is 2. The number of amides is 2. The molecule has 1 saturated heterocycles. The number of fused-ring (bicyclic) bond motifs is 1. The molecular weight excluding hydrogens is 612 g/mol. The fraction of sp³-hybridized carbons (Fsp3) is 0.571. The summed E-state index contributed by atoms with van der Waals surface area (Å²) in [5.41, 5.74) is 1.22. The minimum atomic E-state index is -1.11. The average Bonchev–Trinajstić information content (AvgIpc) is 3.14. The van der Waals surface area contributed by atoms with E-state index in [4.69, 9.17) is 30.5 Å². The van der Waals surface area contributed by atoms with E-state index in [0.29, 0.717) is 65.4 Å². The first-order valence-electron chi connectivity index (χ1n) is 16.0. The molecule has 2 aromatic carbocycles. The van der Waals surface area contributed by atoms with E-state index in [1.807, 2.05) is 26.0 Å². The Hall–Kier alpha value is -3.34. The molecule has 1 N–H and O–H groups in total. The lowest BCUT2D eigenvalue weighted by atomic mass is 9.91. The van der Waals surface area contributed by atoms with Crippen LogP contribution >= 0.6 is 11.6 Å². The minimum absolute atomic E-state index is 0.146. The number of rotatable bonds is 13. The van der Waals surface area contributed by atoms with Crippen molar-refractivity contribution in [2.75, 3.05) is 52.0 Å². The topological polar surface area (TPSA) is 115 Å². The van der Waals surface area contributed by atoms with Gasteiger partial charge in [-0.15, -0.1) is 0 Å². The number of esters is 1. The van der Waals surface area contributed by atoms with Crippen LogP contribution in [-0.2, 0) is 23.9 Å². The number of hydrogen-bond acceptors (Lipinski definition) is 8. The lowest BCUT2D eigenvalue weighted by Gasteiger charge is -2.34. The molecule has 0 aliphatic carbocycles. The molecule has 2 aromatic rings. The highest BCUT2D eigenvalue weighted by Gasteiger charge is 2.41. The number of nitrogens with zero attached hydrogens (tertiary/aromatic N) is 2. The molecule has 2 aliphatic heterocycles. The highest BCUT2D eigenvalue weighted by Crippen LogP contribution is 2.45. The molecule has 0 aromatic heterocycles. The molecule has 0 unspecified atom stereocenters. The zero-order valence-electron chi connectivity index (χ0n) is 27.6. The zero-order chi connectivity index (χ0) is 33.4. The fourth-order valence-corrected chi connectivity index (χ4v) is 6.41. The van der Waals surface area contributed by atoms with E-state index in [1.165, 1.54) is 0 Å². The maximum absolute atomic E-state index is 14.4. The second-order valence-electron chi connectivity index (χ2n) is 12.8. The third-order valence-electron chi connectivity index (χ3n) is 8.76. The molecule has 10 nitrogen and oxygen atoms in total. The van der Waals surface area contributed by atoms with Crippen molar-refractivity contribution in [3.8, 4) is 11.5 Å². The predicted octanol–water partition coefficient (Wildman–Crippen LogP) is 5.56. The Morgan fingerprint density at radius 2 is 1.83 bits per heavy atom. The Morgan fingerprint density at radius 3 is 2.48 bits per heavy atom. The number of carbonyl (C=O) groups excluding carboxylic acids is 3. The van der Waals surface area contributed by atoms with Gasteiger partial charge in [-0.2, -0.15) is 0 Å². The van der Waals surface area contributed by atoms with Gasteiger partial charge in [-0.25, -0.2) is 0 Å². The number of carbonyl (C=O) groups is 3. The largest absolute Gasteiger partial charge is 0.493 e. The van der Waals surface area contributed by atoms with Gasteiger partial charge in [0.15, 0.2) is 11.5 Å². The van der Waals surface area contributed by atoms with Gasteiger partial charge in [-0.1, -0.05) is 37.6 Å². The van der Waals surface area contributed by atoms with E-state index in [0.717, 1.165) is 25.7 Å². The van der Waals surface area contributed by atoms with Gasteiger partial charge in [-0.3, -0.25) is 14.4 Å². The third kappa shape index (κ3) is 8.52. The van der Waals surface area contributed by atoms with Gasteiger partial charge in [0, 0.05) is 59.9 Å². The van der Waals surface area contributed by atoms with Gasteiger partial charge in [0.1, 0.15) is 12.2 Å². The van der Waals surface area contributed by atoms with Crippen molar-refractivity contribution in [1.29, 1.82) is 0 Å². The van der Waals surface area contributed by atoms with Crippen LogP contribution < -0.4 is 14.4 Å². The summed E-state index contributed by atoms with van der Waals surface area (Å²) >= 11 is 6.52. The average molecular weight is 659 g/mol. The van der Waals surface area contributed by atoms with Crippen molar-refractivity contribution in [2.24, 2.45) is 11.3 Å². The predicted molar refractivity (Wildman–Crippen MR) is 175 cm³/mol. The standard InChI is InChI=1S/C35H47ClN2O8/c1-6-45-31(41)12-7-9-23-15-17-37(18-16-23)30(40)20-29-34(42)38(21-35(2,3)22-39)27-14-13-24(36)19-26(27)32(46-29)25-10-8-11-28(43-4)33(25)44-5/h8,10-11,13-14,19,23,29,32,39H,6-7,9,12,15-18,20-22H2,1-5H3/t29-,32-/m1/s1. The van der Waals surface area contributed by atoms with Gasteiger partial charge in [0.25, 0.3) is 5.91 Å². The van der Waals surface area contributed by atoms with E-state index >= 15 is 0 Å². The summed E-state index contributed by atoms with van der Waals surface area (Å²) < 4.78 is 23.0. The molecule has 1 fully saturated rings. The summed E-state index contributed by atoms with van der Waals surface area (Å²) in [5, 5.41) is 10.6. The van der Waals surface area contributed by atoms with Crippen molar-refractivity contribution in [1.82, 2.24) is 4.90 Å². The Labute approximate surface area is 276 Å². The van der Waals surface area contributed by atoms with E-state index in [-0.39, 0.29) is 37.4 Å². The van der Waals surface area contributed by atoms with Gasteiger partial charge < -0.3 is 33.9 Å².